The fraction of sp³-hybridized carbons (Fsp3) is 0.400. The Hall–Kier alpha value is -0.670. The van der Waals surface area contributed by atoms with Crippen LogP contribution in [0.1, 0.15) is 18.7 Å². The Morgan fingerprint density at radius 2 is 2.14 bits per heavy atom. The van der Waals surface area contributed by atoms with Crippen LogP contribution in [-0.4, -0.2) is 6.54 Å². The lowest BCUT2D eigenvalue weighted by molar-refractivity contribution is 0.251. The van der Waals surface area contributed by atoms with Crippen LogP contribution in [0.25, 0.3) is 0 Å². The molecule has 1 aromatic carbocycles. The number of alkyl halides is 1. The van der Waals surface area contributed by atoms with E-state index in [1.807, 2.05) is 0 Å². The molecule has 14 heavy (non-hydrogen) atoms. The average molecular weight is 220 g/mol. The van der Waals surface area contributed by atoms with Crippen LogP contribution in [0.15, 0.2) is 18.2 Å². The molecule has 1 rings (SSSR count). The molecule has 0 amide bonds. The van der Waals surface area contributed by atoms with Gasteiger partial charge in [0.05, 0.1) is 0 Å². The van der Waals surface area contributed by atoms with Crippen molar-refractivity contribution >= 4 is 11.6 Å². The van der Waals surface area contributed by atoms with Gasteiger partial charge in [-0.1, -0.05) is 18.5 Å². The second-order valence-electron chi connectivity index (χ2n) is 3.28. The van der Waals surface area contributed by atoms with Crippen molar-refractivity contribution in [3.05, 3.63) is 34.6 Å². The van der Waals surface area contributed by atoms with Crippen LogP contribution in [0.2, 0.25) is 5.02 Å². The Morgan fingerprint density at radius 3 is 2.71 bits per heavy atom. The van der Waals surface area contributed by atoms with E-state index < -0.39 is 12.0 Å². The zero-order valence-corrected chi connectivity index (χ0v) is 8.56. The van der Waals surface area contributed by atoms with E-state index in [2.05, 4.69) is 0 Å². The first-order valence-corrected chi connectivity index (χ1v) is 4.73. The molecular formula is C10H12ClF2N. The molecular weight excluding hydrogens is 208 g/mol. The van der Waals surface area contributed by atoms with Crippen LogP contribution in [0.3, 0.4) is 0 Å². The summed E-state index contributed by atoms with van der Waals surface area (Å²) in [4.78, 5) is 0. The zero-order chi connectivity index (χ0) is 10.7. The van der Waals surface area contributed by atoms with E-state index in [1.165, 1.54) is 12.1 Å². The van der Waals surface area contributed by atoms with E-state index in [-0.39, 0.29) is 23.0 Å². The van der Waals surface area contributed by atoms with Gasteiger partial charge in [0.25, 0.3) is 0 Å². The fourth-order valence-corrected chi connectivity index (χ4v) is 1.37. The molecule has 1 nitrogen and oxygen atoms in total. The average Bonchev–Trinajstić information content (AvgIpc) is 2.19. The quantitative estimate of drug-likeness (QED) is 0.831. The minimum absolute atomic E-state index is 0.171. The molecule has 0 aliphatic heterocycles. The first-order chi connectivity index (χ1) is 6.56. The SMILES string of the molecule is CC(CN)C(F)c1cc(F)ccc1Cl. The normalized spacial score (nSPS) is 15.2. The minimum Gasteiger partial charge on any atom is -0.330 e. The number of nitrogens with two attached hydrogens (primary N) is 1. The van der Waals surface area contributed by atoms with Crippen LogP contribution in [0, 0.1) is 11.7 Å². The van der Waals surface area contributed by atoms with E-state index >= 15 is 0 Å². The van der Waals surface area contributed by atoms with Crippen LogP contribution in [0.5, 0.6) is 0 Å². The molecule has 0 bridgehead atoms. The molecule has 0 aromatic heterocycles. The highest BCUT2D eigenvalue weighted by Crippen LogP contribution is 2.31. The van der Waals surface area contributed by atoms with Crippen LogP contribution >= 0.6 is 11.6 Å². The zero-order valence-electron chi connectivity index (χ0n) is 7.81. The second kappa shape index (κ2) is 4.71. The third kappa shape index (κ3) is 2.42. The maximum atomic E-state index is 13.6. The van der Waals surface area contributed by atoms with E-state index in [0.717, 1.165) is 6.07 Å². The van der Waals surface area contributed by atoms with Crippen molar-refractivity contribution in [2.75, 3.05) is 6.54 Å². The van der Waals surface area contributed by atoms with Gasteiger partial charge in [-0.3, -0.25) is 0 Å². The summed E-state index contributed by atoms with van der Waals surface area (Å²) in [6.07, 6.45) is -1.32. The second-order valence-corrected chi connectivity index (χ2v) is 3.69. The molecule has 78 valence electrons. The molecule has 1 aromatic rings. The maximum Gasteiger partial charge on any atom is 0.130 e. The van der Waals surface area contributed by atoms with E-state index in [9.17, 15) is 8.78 Å². The molecule has 2 N–H and O–H groups in total. The molecule has 0 aliphatic carbocycles. The molecule has 0 saturated carbocycles. The molecule has 0 fully saturated rings. The largest absolute Gasteiger partial charge is 0.330 e. The van der Waals surface area contributed by atoms with Crippen molar-refractivity contribution in [3.8, 4) is 0 Å². The van der Waals surface area contributed by atoms with Gasteiger partial charge in [-0.05, 0) is 24.7 Å². The van der Waals surface area contributed by atoms with Gasteiger partial charge in [-0.2, -0.15) is 0 Å². The van der Waals surface area contributed by atoms with Crippen LogP contribution in [0.4, 0.5) is 8.78 Å². The van der Waals surface area contributed by atoms with Gasteiger partial charge in [0.15, 0.2) is 0 Å². The number of hydrogen-bond acceptors (Lipinski definition) is 1. The predicted octanol–water partition coefficient (Wildman–Crippen LogP) is 3.08. The monoisotopic (exact) mass is 219 g/mol. The summed E-state index contributed by atoms with van der Waals surface area (Å²) in [5, 5.41) is 0.235. The highest BCUT2D eigenvalue weighted by Gasteiger charge is 2.20. The number of rotatable bonds is 3. The van der Waals surface area contributed by atoms with E-state index in [0.29, 0.717) is 0 Å². The molecule has 0 radical (unpaired) electrons. The molecule has 0 heterocycles. The molecule has 2 unspecified atom stereocenters. The van der Waals surface area contributed by atoms with Crippen molar-refractivity contribution in [2.24, 2.45) is 11.7 Å². The van der Waals surface area contributed by atoms with Gasteiger partial charge < -0.3 is 5.73 Å². The van der Waals surface area contributed by atoms with Gasteiger partial charge in [0.1, 0.15) is 12.0 Å². The highest BCUT2D eigenvalue weighted by molar-refractivity contribution is 6.31. The summed E-state index contributed by atoms with van der Waals surface area (Å²) in [6.45, 7) is 1.86. The minimum atomic E-state index is -1.32. The van der Waals surface area contributed by atoms with E-state index in [1.54, 1.807) is 6.92 Å². The van der Waals surface area contributed by atoms with E-state index in [4.69, 9.17) is 17.3 Å². The fourth-order valence-electron chi connectivity index (χ4n) is 1.15. The van der Waals surface area contributed by atoms with Crippen LogP contribution < -0.4 is 5.73 Å². The first-order valence-electron chi connectivity index (χ1n) is 4.35. The smallest absolute Gasteiger partial charge is 0.130 e. The summed E-state index contributed by atoms with van der Waals surface area (Å²) in [5.74, 6) is -0.856. The van der Waals surface area contributed by atoms with Gasteiger partial charge >= 0.3 is 0 Å². The third-order valence-electron chi connectivity index (χ3n) is 2.13. The Morgan fingerprint density at radius 1 is 1.50 bits per heavy atom. The Balaban J connectivity index is 2.99. The number of halogens is 3. The van der Waals surface area contributed by atoms with Crippen molar-refractivity contribution in [1.29, 1.82) is 0 Å². The van der Waals surface area contributed by atoms with Crippen molar-refractivity contribution < 1.29 is 8.78 Å². The molecule has 0 aliphatic rings. The van der Waals surface area contributed by atoms with Gasteiger partial charge in [-0.15, -0.1) is 0 Å². The molecule has 0 saturated heterocycles. The Labute approximate surface area is 86.9 Å². The standard InChI is InChI=1S/C10H12ClF2N/c1-6(5-14)10(13)8-4-7(12)2-3-9(8)11/h2-4,6,10H,5,14H2,1H3. The Bertz CT molecular complexity index is 317. The first kappa shape index (κ1) is 11.4. The topological polar surface area (TPSA) is 26.0 Å². The van der Waals surface area contributed by atoms with Gasteiger partial charge in [0.2, 0.25) is 0 Å². The molecule has 2 atom stereocenters. The van der Waals surface area contributed by atoms with Gasteiger partial charge in [-0.25, -0.2) is 8.78 Å². The van der Waals surface area contributed by atoms with Crippen molar-refractivity contribution in [3.63, 3.8) is 0 Å². The lowest BCUT2D eigenvalue weighted by atomic mass is 9.99. The lowest BCUT2D eigenvalue weighted by Crippen LogP contribution is -2.16. The lowest BCUT2D eigenvalue weighted by Gasteiger charge is -2.16. The summed E-state index contributed by atoms with van der Waals surface area (Å²) >= 11 is 5.74. The third-order valence-corrected chi connectivity index (χ3v) is 2.47. The molecule has 0 spiro atoms. The number of hydrogen-bond donors (Lipinski definition) is 1. The Kier molecular flexibility index (Phi) is 3.84. The summed E-state index contributed by atoms with van der Waals surface area (Å²) < 4.78 is 26.5. The number of benzene rings is 1. The predicted molar refractivity (Wildman–Crippen MR) is 53.5 cm³/mol. The van der Waals surface area contributed by atoms with Crippen molar-refractivity contribution in [2.45, 2.75) is 13.1 Å². The molecule has 4 heteroatoms. The van der Waals surface area contributed by atoms with Gasteiger partial charge in [0, 0.05) is 16.5 Å². The van der Waals surface area contributed by atoms with Crippen molar-refractivity contribution in [1.82, 2.24) is 0 Å². The summed E-state index contributed by atoms with van der Waals surface area (Å²) in [6, 6.07) is 3.66. The summed E-state index contributed by atoms with van der Waals surface area (Å²) in [7, 11) is 0. The van der Waals surface area contributed by atoms with Crippen LogP contribution in [-0.2, 0) is 0 Å². The maximum absolute atomic E-state index is 13.6. The highest BCUT2D eigenvalue weighted by atomic mass is 35.5. The summed E-state index contributed by atoms with van der Waals surface area (Å²) in [5.41, 5.74) is 5.49.